The summed E-state index contributed by atoms with van der Waals surface area (Å²) in [6, 6.07) is 3.88. The average Bonchev–Trinajstić information content (AvgIpc) is 3.02. The van der Waals surface area contributed by atoms with E-state index in [1.54, 1.807) is 11.3 Å². The SMILES string of the molecule is Cc1cc(CNC(=O)Oc2sc(C)c3c2C[C@@H]2[C@H]3C2(C)C)cc(C)c1OC[C@H](O)CO. The zero-order chi connectivity index (χ0) is 22.5. The van der Waals surface area contributed by atoms with Gasteiger partial charge >= 0.3 is 6.09 Å². The van der Waals surface area contributed by atoms with Crippen LogP contribution in [0.5, 0.6) is 10.8 Å². The molecule has 0 spiro atoms. The topological polar surface area (TPSA) is 88.0 Å². The van der Waals surface area contributed by atoms with Crippen LogP contribution in [0.3, 0.4) is 0 Å². The normalized spacial score (nSPS) is 21.3. The maximum atomic E-state index is 12.5. The lowest BCUT2D eigenvalue weighted by Crippen LogP contribution is -2.26. The predicted molar refractivity (Wildman–Crippen MR) is 120 cm³/mol. The van der Waals surface area contributed by atoms with Gasteiger partial charge in [0.05, 0.1) is 6.61 Å². The molecule has 0 aliphatic heterocycles. The number of aliphatic hydroxyl groups is 2. The summed E-state index contributed by atoms with van der Waals surface area (Å²) < 4.78 is 11.3. The Balaban J connectivity index is 1.36. The van der Waals surface area contributed by atoms with Gasteiger partial charge in [-0.25, -0.2) is 4.79 Å². The Morgan fingerprint density at radius 1 is 1.29 bits per heavy atom. The number of carbonyl (C=O) groups excluding carboxylic acids is 1. The van der Waals surface area contributed by atoms with Gasteiger partial charge in [-0.05, 0) is 66.7 Å². The third-order valence-electron chi connectivity index (χ3n) is 6.76. The van der Waals surface area contributed by atoms with Crippen LogP contribution in [0.4, 0.5) is 4.79 Å². The lowest BCUT2D eigenvalue weighted by Gasteiger charge is -2.16. The first-order chi connectivity index (χ1) is 14.6. The molecule has 4 rings (SSSR count). The summed E-state index contributed by atoms with van der Waals surface area (Å²) in [5, 5.41) is 22.0. The Hall–Kier alpha value is -2.09. The Labute approximate surface area is 187 Å². The van der Waals surface area contributed by atoms with E-state index in [1.165, 1.54) is 16.0 Å². The van der Waals surface area contributed by atoms with Crippen molar-refractivity contribution in [1.29, 1.82) is 0 Å². The van der Waals surface area contributed by atoms with E-state index in [-0.39, 0.29) is 13.2 Å². The molecule has 7 heteroatoms. The second kappa shape index (κ2) is 8.11. The van der Waals surface area contributed by atoms with Crippen molar-refractivity contribution in [2.24, 2.45) is 11.3 Å². The van der Waals surface area contributed by atoms with E-state index in [4.69, 9.17) is 14.6 Å². The molecule has 31 heavy (non-hydrogen) atoms. The smallest absolute Gasteiger partial charge is 0.413 e. The number of benzene rings is 1. The van der Waals surface area contributed by atoms with Gasteiger partial charge < -0.3 is 25.0 Å². The third-order valence-corrected chi connectivity index (χ3v) is 7.80. The third kappa shape index (κ3) is 4.06. The van der Waals surface area contributed by atoms with Crippen LogP contribution in [0.15, 0.2) is 12.1 Å². The number of fused-ring (bicyclic) bond motifs is 3. The van der Waals surface area contributed by atoms with Crippen molar-refractivity contribution >= 4 is 17.4 Å². The van der Waals surface area contributed by atoms with Gasteiger partial charge in [-0.15, -0.1) is 11.3 Å². The maximum absolute atomic E-state index is 12.5. The molecule has 0 bridgehead atoms. The van der Waals surface area contributed by atoms with Crippen LogP contribution in [0, 0.1) is 32.1 Å². The number of aryl methyl sites for hydroxylation is 3. The van der Waals surface area contributed by atoms with Gasteiger partial charge in [-0.3, -0.25) is 0 Å². The van der Waals surface area contributed by atoms with Crippen LogP contribution in [-0.4, -0.2) is 35.6 Å². The van der Waals surface area contributed by atoms with Gasteiger partial charge in [-0.2, -0.15) is 0 Å². The first-order valence-corrected chi connectivity index (χ1v) is 11.5. The van der Waals surface area contributed by atoms with Crippen molar-refractivity contribution in [3.05, 3.63) is 44.8 Å². The van der Waals surface area contributed by atoms with Gasteiger partial charge in [-0.1, -0.05) is 26.0 Å². The van der Waals surface area contributed by atoms with Crippen LogP contribution in [0.2, 0.25) is 0 Å². The summed E-state index contributed by atoms with van der Waals surface area (Å²) in [6.07, 6.45) is -0.343. The van der Waals surface area contributed by atoms with E-state index in [2.05, 4.69) is 26.1 Å². The fraction of sp³-hybridized carbons (Fsp3) is 0.542. The zero-order valence-corrected chi connectivity index (χ0v) is 19.6. The van der Waals surface area contributed by atoms with E-state index in [1.807, 2.05) is 26.0 Å². The highest BCUT2D eigenvalue weighted by Gasteiger charge is 2.63. The first-order valence-electron chi connectivity index (χ1n) is 10.7. The minimum absolute atomic E-state index is 0.0333. The summed E-state index contributed by atoms with van der Waals surface area (Å²) >= 11 is 1.58. The van der Waals surface area contributed by atoms with E-state index < -0.39 is 12.2 Å². The molecule has 0 radical (unpaired) electrons. The van der Waals surface area contributed by atoms with Crippen LogP contribution in [0.25, 0.3) is 0 Å². The van der Waals surface area contributed by atoms with Gasteiger partial charge in [0.25, 0.3) is 0 Å². The van der Waals surface area contributed by atoms with Crippen molar-refractivity contribution in [3.63, 3.8) is 0 Å². The summed E-state index contributed by atoms with van der Waals surface area (Å²) in [4.78, 5) is 13.7. The largest absolute Gasteiger partial charge is 0.490 e. The van der Waals surface area contributed by atoms with Gasteiger partial charge in [0, 0.05) is 17.0 Å². The molecule has 0 saturated heterocycles. The monoisotopic (exact) mass is 445 g/mol. The molecule has 0 unspecified atom stereocenters. The molecule has 2 aromatic rings. The minimum atomic E-state index is -0.908. The summed E-state index contributed by atoms with van der Waals surface area (Å²) in [7, 11) is 0. The van der Waals surface area contributed by atoms with E-state index >= 15 is 0 Å². The molecule has 2 aliphatic carbocycles. The molecule has 3 atom stereocenters. The molecule has 168 valence electrons. The standard InChI is InChI=1S/C24H31NO5S/c1-12-6-15(7-13(2)21(12)29-11-16(27)10-26)9-25-23(28)30-22-17-8-18-20(24(18,4)5)19(17)14(3)31-22/h6-7,16,18,20,26-27H,8-11H2,1-5H3,(H,25,28)/t16-,18-,20-/m1/s1. The molecule has 3 N–H and O–H groups in total. The van der Waals surface area contributed by atoms with Crippen molar-refractivity contribution in [1.82, 2.24) is 5.32 Å². The highest BCUT2D eigenvalue weighted by atomic mass is 32.1. The number of thiophene rings is 1. The Kier molecular flexibility index (Phi) is 5.79. The Bertz CT molecular complexity index is 989. The highest BCUT2D eigenvalue weighted by Crippen LogP contribution is 2.72. The van der Waals surface area contributed by atoms with Gasteiger partial charge in [0.15, 0.2) is 5.06 Å². The van der Waals surface area contributed by atoms with E-state index in [0.717, 1.165) is 28.2 Å². The Morgan fingerprint density at radius 2 is 1.97 bits per heavy atom. The second-order valence-corrected chi connectivity index (χ2v) is 10.6. The molecule has 1 aromatic heterocycles. The minimum Gasteiger partial charge on any atom is -0.490 e. The Morgan fingerprint density at radius 3 is 2.61 bits per heavy atom. The number of aliphatic hydroxyl groups excluding tert-OH is 2. The summed E-state index contributed by atoms with van der Waals surface area (Å²) in [5.41, 5.74) is 5.77. The van der Waals surface area contributed by atoms with Crippen LogP contribution >= 0.6 is 11.3 Å². The van der Waals surface area contributed by atoms with Crippen molar-refractivity contribution in [3.8, 4) is 10.8 Å². The van der Waals surface area contributed by atoms with Crippen molar-refractivity contribution in [2.75, 3.05) is 13.2 Å². The second-order valence-electron chi connectivity index (χ2n) is 9.40. The van der Waals surface area contributed by atoms with E-state index in [0.29, 0.717) is 29.5 Å². The maximum Gasteiger partial charge on any atom is 0.413 e. The number of carbonyl (C=O) groups is 1. The van der Waals surface area contributed by atoms with Crippen LogP contribution in [0.1, 0.15) is 52.5 Å². The summed E-state index contributed by atoms with van der Waals surface area (Å²) in [5.74, 6) is 1.98. The summed E-state index contributed by atoms with van der Waals surface area (Å²) in [6.45, 7) is 10.7. The molecule has 6 nitrogen and oxygen atoms in total. The molecule has 1 saturated carbocycles. The number of rotatable bonds is 7. The number of hydrogen-bond donors (Lipinski definition) is 3. The van der Waals surface area contributed by atoms with Crippen LogP contribution in [-0.2, 0) is 13.0 Å². The fourth-order valence-corrected chi connectivity index (χ4v) is 6.15. The number of nitrogens with one attached hydrogen (secondary N) is 1. The van der Waals surface area contributed by atoms with Crippen LogP contribution < -0.4 is 14.8 Å². The quantitative estimate of drug-likeness (QED) is 0.600. The van der Waals surface area contributed by atoms with Crippen molar-refractivity contribution in [2.45, 2.75) is 59.6 Å². The van der Waals surface area contributed by atoms with Gasteiger partial charge in [0.2, 0.25) is 0 Å². The molecule has 1 fully saturated rings. The molecule has 2 aliphatic rings. The lowest BCUT2D eigenvalue weighted by atomic mass is 9.96. The molecule has 1 heterocycles. The average molecular weight is 446 g/mol. The molecular formula is C24H31NO5S. The highest BCUT2D eigenvalue weighted by molar-refractivity contribution is 7.14. The zero-order valence-electron chi connectivity index (χ0n) is 18.7. The number of amides is 1. The lowest BCUT2D eigenvalue weighted by molar-refractivity contribution is 0.0531. The van der Waals surface area contributed by atoms with E-state index in [9.17, 15) is 9.90 Å². The molecular weight excluding hydrogens is 414 g/mol. The number of hydrogen-bond acceptors (Lipinski definition) is 6. The van der Waals surface area contributed by atoms with Gasteiger partial charge in [0.1, 0.15) is 18.5 Å². The first kappa shape index (κ1) is 22.1. The molecule has 1 aromatic carbocycles. The number of ether oxygens (including phenoxy) is 2. The predicted octanol–water partition coefficient (Wildman–Crippen LogP) is 3.99. The van der Waals surface area contributed by atoms with Crippen molar-refractivity contribution < 1.29 is 24.5 Å². The fourth-order valence-electron chi connectivity index (χ4n) is 5.08. The molecule has 1 amide bonds.